The highest BCUT2D eigenvalue weighted by Gasteiger charge is 2.35. The number of likely N-dealkylation sites (N-methyl/N-ethyl adjacent to an activating group) is 1. The van der Waals surface area contributed by atoms with Gasteiger partial charge in [-0.15, -0.1) is 11.3 Å². The predicted molar refractivity (Wildman–Crippen MR) is 312 cm³/mol. The van der Waals surface area contributed by atoms with Crippen molar-refractivity contribution < 1.29 is 38.2 Å². The van der Waals surface area contributed by atoms with Crippen molar-refractivity contribution in [2.24, 2.45) is 5.92 Å². The van der Waals surface area contributed by atoms with Gasteiger partial charge >= 0.3 is 0 Å². The maximum Gasteiger partial charge on any atom is 0.267 e. The van der Waals surface area contributed by atoms with E-state index in [1.54, 1.807) is 62.1 Å². The molecule has 3 fully saturated rings. The molecule has 5 heterocycles. The summed E-state index contributed by atoms with van der Waals surface area (Å²) in [6.45, 7) is 19.8. The van der Waals surface area contributed by atoms with Crippen molar-refractivity contribution in [3.05, 3.63) is 98.2 Å². The molecule has 428 valence electrons. The maximum atomic E-state index is 13.4. The lowest BCUT2D eigenvalue weighted by Gasteiger charge is -2.37. The van der Waals surface area contributed by atoms with Gasteiger partial charge in [-0.3, -0.25) is 24.0 Å². The van der Waals surface area contributed by atoms with Crippen LogP contribution in [-0.2, 0) is 23.9 Å². The molecule has 1 saturated carbocycles. The molecule has 0 radical (unpaired) electrons. The summed E-state index contributed by atoms with van der Waals surface area (Å²) in [6.07, 6.45) is 9.63. The molecule has 79 heavy (non-hydrogen) atoms. The number of aryl methyl sites for hydroxylation is 2. The number of benzene rings is 2. The number of likely N-dealkylation sites (tertiary alicyclic amines) is 1. The molecule has 4 N–H and O–H groups in total. The lowest BCUT2D eigenvalue weighted by Crippen LogP contribution is -2.53. The van der Waals surface area contributed by atoms with Crippen LogP contribution in [-0.4, -0.2) is 143 Å². The standard InChI is InChI=1S/C40H45ClN8O6S2.C15H27N3O2.C2H6/c1-25-9-7-12-29(41)35(25)47-37(52)31-22-42-38(57-31)46-32-20-33(45-26(2)44-32)48-13-15-49(16-14-48)34(50)21-39(3,4)53-17-18-54-40(5,6)55-28-11-8-10-27(19-28)36(51)30-23-56-24-43-30;1-16-11-13(19)17-14(12-7-3-2-4-8-12)15(20)18-9-5-6-10-18;1-2/h7-12,19-20,22-24H,13-18,21H2,1-6H3,(H,47,52)(H,42,44,45,46);12,14,16H,2-11H2,1H3,(H,17,19);1-2H3. The summed E-state index contributed by atoms with van der Waals surface area (Å²) < 4.78 is 18.1. The number of ketones is 1. The zero-order valence-corrected chi connectivity index (χ0v) is 49.5. The molecule has 1 aliphatic carbocycles. The van der Waals surface area contributed by atoms with Crippen LogP contribution in [0, 0.1) is 19.8 Å². The minimum Gasteiger partial charge on any atom is -0.463 e. The minimum atomic E-state index is -0.996. The Labute approximate surface area is 478 Å². The van der Waals surface area contributed by atoms with E-state index in [2.05, 4.69) is 46.1 Å². The molecule has 0 bridgehead atoms. The van der Waals surface area contributed by atoms with Crippen molar-refractivity contribution in [1.82, 2.24) is 40.4 Å². The van der Waals surface area contributed by atoms with Crippen LogP contribution in [0.25, 0.3) is 0 Å². The number of carbonyl (C=O) groups is 5. The zero-order valence-electron chi connectivity index (χ0n) is 47.1. The Kier molecular flexibility index (Phi) is 23.5. The molecule has 2 aromatic carbocycles. The van der Waals surface area contributed by atoms with Crippen molar-refractivity contribution in [2.45, 2.75) is 124 Å². The molecule has 4 amide bonds. The summed E-state index contributed by atoms with van der Waals surface area (Å²) in [7, 11) is 1.75. The quantitative estimate of drug-likeness (QED) is 0.0305. The predicted octanol–water partition coefficient (Wildman–Crippen LogP) is 9.47. The summed E-state index contributed by atoms with van der Waals surface area (Å²) in [5.41, 5.74) is 3.21. The largest absolute Gasteiger partial charge is 0.463 e. The molecular weight excluding hydrogens is 1070 g/mol. The molecular formula is C57H78ClN11O8S2. The third-order valence-corrected chi connectivity index (χ3v) is 15.2. The van der Waals surface area contributed by atoms with E-state index in [0.717, 1.165) is 50.2 Å². The Hall–Kier alpha value is -6.10. The van der Waals surface area contributed by atoms with E-state index < -0.39 is 11.4 Å². The highest BCUT2D eigenvalue weighted by molar-refractivity contribution is 7.17. The van der Waals surface area contributed by atoms with Crippen LogP contribution in [0.2, 0.25) is 5.02 Å². The van der Waals surface area contributed by atoms with Crippen LogP contribution in [0.5, 0.6) is 5.75 Å². The highest BCUT2D eigenvalue weighted by atomic mass is 35.5. The second-order valence-corrected chi connectivity index (χ2v) is 22.6. The second kappa shape index (κ2) is 29.9. The van der Waals surface area contributed by atoms with Gasteiger partial charge in [0.15, 0.2) is 5.13 Å². The van der Waals surface area contributed by atoms with Gasteiger partial charge in [-0.25, -0.2) is 19.9 Å². The molecule has 2 aliphatic heterocycles. The Balaban J connectivity index is 0.000000382. The first-order chi connectivity index (χ1) is 37.9. The van der Waals surface area contributed by atoms with Gasteiger partial charge in [0.1, 0.15) is 39.8 Å². The summed E-state index contributed by atoms with van der Waals surface area (Å²) in [6, 6.07) is 13.9. The first kappa shape index (κ1) is 62.1. The van der Waals surface area contributed by atoms with E-state index in [1.165, 1.54) is 48.1 Å². The van der Waals surface area contributed by atoms with Crippen molar-refractivity contribution >= 4 is 86.1 Å². The summed E-state index contributed by atoms with van der Waals surface area (Å²) >= 11 is 8.86. The third-order valence-electron chi connectivity index (χ3n) is 13.4. The molecule has 8 rings (SSSR count). The van der Waals surface area contributed by atoms with Crippen molar-refractivity contribution in [3.63, 3.8) is 0 Å². The van der Waals surface area contributed by atoms with Gasteiger partial charge in [-0.05, 0) is 90.1 Å². The van der Waals surface area contributed by atoms with Crippen LogP contribution in [0.1, 0.15) is 130 Å². The molecule has 19 nitrogen and oxygen atoms in total. The van der Waals surface area contributed by atoms with Gasteiger partial charge in [0.25, 0.3) is 5.91 Å². The Morgan fingerprint density at radius 3 is 2.23 bits per heavy atom. The molecule has 22 heteroatoms. The van der Waals surface area contributed by atoms with Crippen LogP contribution in [0.15, 0.2) is 65.6 Å². The van der Waals surface area contributed by atoms with Gasteiger partial charge in [-0.1, -0.05) is 80.3 Å². The number of aromatic nitrogens is 4. The monoisotopic (exact) mass is 1140 g/mol. The topological polar surface area (TPSA) is 222 Å². The number of rotatable bonds is 21. The van der Waals surface area contributed by atoms with Crippen molar-refractivity contribution in [2.75, 3.05) is 81.6 Å². The number of nitrogens with one attached hydrogen (secondary N) is 4. The van der Waals surface area contributed by atoms with Crippen LogP contribution < -0.4 is 30.9 Å². The van der Waals surface area contributed by atoms with Crippen LogP contribution in [0.4, 0.5) is 22.5 Å². The van der Waals surface area contributed by atoms with Gasteiger partial charge in [-0.2, -0.15) is 0 Å². The number of piperazine rings is 1. The Bertz CT molecular complexity index is 2770. The summed E-state index contributed by atoms with van der Waals surface area (Å²) in [4.78, 5) is 87.5. The average Bonchev–Trinajstić information content (AvgIpc) is 4.28. The van der Waals surface area contributed by atoms with Crippen LogP contribution in [0.3, 0.4) is 0 Å². The summed E-state index contributed by atoms with van der Waals surface area (Å²) in [5.74, 6) is 1.26. The number of nitrogens with zero attached hydrogens (tertiary/aromatic N) is 7. The van der Waals surface area contributed by atoms with E-state index in [-0.39, 0.29) is 61.6 Å². The average molecular weight is 1140 g/mol. The number of amides is 4. The van der Waals surface area contributed by atoms with Crippen molar-refractivity contribution in [1.29, 1.82) is 0 Å². The number of thiazole rings is 2. The number of ether oxygens (including phenoxy) is 3. The van der Waals surface area contributed by atoms with Gasteiger partial charge < -0.3 is 50.2 Å². The molecule has 3 aliphatic rings. The van der Waals surface area contributed by atoms with Gasteiger partial charge in [0, 0.05) is 70.1 Å². The van der Waals surface area contributed by atoms with E-state index in [4.69, 9.17) is 25.8 Å². The highest BCUT2D eigenvalue weighted by Crippen LogP contribution is 2.31. The number of halogens is 1. The molecule has 3 aromatic heterocycles. The number of carbonyl (C=O) groups excluding carboxylic acids is 5. The molecule has 5 aromatic rings. The van der Waals surface area contributed by atoms with Gasteiger partial charge in [0.2, 0.25) is 29.3 Å². The second-order valence-electron chi connectivity index (χ2n) is 20.4. The normalized spacial score (nSPS) is 15.2. The Morgan fingerprint density at radius 1 is 0.835 bits per heavy atom. The van der Waals surface area contributed by atoms with E-state index >= 15 is 0 Å². The fourth-order valence-electron chi connectivity index (χ4n) is 9.46. The molecule has 1 atom stereocenters. The smallest absolute Gasteiger partial charge is 0.267 e. The van der Waals surface area contributed by atoms with E-state index in [1.807, 2.05) is 69.5 Å². The maximum absolute atomic E-state index is 13.4. The first-order valence-corrected chi connectivity index (χ1v) is 29.4. The third kappa shape index (κ3) is 18.7. The lowest BCUT2D eigenvalue weighted by molar-refractivity contribution is -0.174. The SMILES string of the molecule is CC.CNCC(=O)NC(C(=O)N1CCCC1)C1CCCCC1.Cc1nc(Nc2ncc(C(=O)Nc3c(C)cccc3Cl)s2)cc(N2CCN(C(=O)CC(C)(C)OCCOC(C)(C)Oc3cccc(C(=O)c4cscn4)c3)CC2)n1. The fourth-order valence-corrected chi connectivity index (χ4v) is 11.0. The minimum absolute atomic E-state index is 0.00541. The van der Waals surface area contributed by atoms with E-state index in [0.29, 0.717) is 81.5 Å². The summed E-state index contributed by atoms with van der Waals surface area (Å²) in [5, 5.41) is 14.6. The fraction of sp³-hybridized carbons (Fsp3) is 0.526. The van der Waals surface area contributed by atoms with Crippen molar-refractivity contribution in [3.8, 4) is 5.75 Å². The molecule has 1 unspecified atom stereocenters. The van der Waals surface area contributed by atoms with Crippen LogP contribution >= 0.6 is 34.3 Å². The molecule has 2 saturated heterocycles. The molecule has 0 spiro atoms. The van der Waals surface area contributed by atoms with E-state index in [9.17, 15) is 24.0 Å². The van der Waals surface area contributed by atoms with Gasteiger partial charge in [0.05, 0.1) is 54.2 Å². The lowest BCUT2D eigenvalue weighted by atomic mass is 9.83. The Morgan fingerprint density at radius 2 is 1.54 bits per heavy atom. The first-order valence-electron chi connectivity index (χ1n) is 27.3. The number of para-hydroxylation sites is 1. The number of hydrogen-bond acceptors (Lipinski definition) is 17. The number of hydrogen-bond donors (Lipinski definition) is 4. The zero-order chi connectivity index (χ0) is 57.1. The number of anilines is 4.